The van der Waals surface area contributed by atoms with E-state index >= 15 is 4.39 Å². The van der Waals surface area contributed by atoms with E-state index in [-0.39, 0.29) is 23.6 Å². The number of anilines is 3. The van der Waals surface area contributed by atoms with Gasteiger partial charge in [-0.25, -0.2) is 23.5 Å². The summed E-state index contributed by atoms with van der Waals surface area (Å²) in [5.74, 6) is 0.0604. The first-order valence-electron chi connectivity index (χ1n) is 11.0. The molecule has 11 heteroatoms. The maximum absolute atomic E-state index is 15.3. The van der Waals surface area contributed by atoms with E-state index in [1.54, 1.807) is 18.3 Å². The topological polar surface area (TPSA) is 123 Å². The Hall–Kier alpha value is -3.73. The minimum absolute atomic E-state index is 0.0644. The Balaban J connectivity index is 1.46. The van der Waals surface area contributed by atoms with Gasteiger partial charge in [-0.05, 0) is 43.0 Å². The lowest BCUT2D eigenvalue weighted by Gasteiger charge is -2.26. The van der Waals surface area contributed by atoms with Gasteiger partial charge in [-0.3, -0.25) is 5.32 Å². The van der Waals surface area contributed by atoms with Crippen molar-refractivity contribution >= 4 is 34.1 Å². The smallest absolute Gasteiger partial charge is 0.413 e. The lowest BCUT2D eigenvalue weighted by Crippen LogP contribution is -2.44. The average molecular weight is 470 g/mol. The van der Waals surface area contributed by atoms with Crippen LogP contribution in [0, 0.1) is 12.7 Å². The number of carbonyl (C=O) groups is 1. The number of nitrogens with one attached hydrogen (secondary N) is 3. The Kier molecular flexibility index (Phi) is 5.78. The summed E-state index contributed by atoms with van der Waals surface area (Å²) in [6.45, 7) is 3.69. The number of hydrogen-bond donors (Lipinski definition) is 4. The molecule has 5 N–H and O–H groups in total. The molecule has 1 saturated heterocycles. The van der Waals surface area contributed by atoms with E-state index in [1.165, 1.54) is 6.20 Å². The van der Waals surface area contributed by atoms with E-state index in [2.05, 4.69) is 25.9 Å². The maximum atomic E-state index is 15.3. The first-order chi connectivity index (χ1) is 16.4. The Bertz CT molecular complexity index is 1270. The number of carbonyl (C=O) groups excluding carboxylic acids is 1. The van der Waals surface area contributed by atoms with Crippen molar-refractivity contribution in [2.75, 3.05) is 42.6 Å². The van der Waals surface area contributed by atoms with Crippen molar-refractivity contribution in [3.05, 3.63) is 35.9 Å². The van der Waals surface area contributed by atoms with E-state index in [1.807, 2.05) is 6.92 Å². The summed E-state index contributed by atoms with van der Waals surface area (Å²) in [5.41, 5.74) is 8.35. The molecule has 1 amide bonds. The van der Waals surface area contributed by atoms with Crippen LogP contribution in [0.3, 0.4) is 0 Å². The lowest BCUT2D eigenvalue weighted by atomic mass is 9.97. The molecule has 1 aromatic carbocycles. The van der Waals surface area contributed by atoms with Gasteiger partial charge in [0.2, 0.25) is 5.88 Å². The van der Waals surface area contributed by atoms with Gasteiger partial charge >= 0.3 is 6.09 Å². The largest absolute Gasteiger partial charge is 0.474 e. The van der Waals surface area contributed by atoms with Crippen LogP contribution in [0.4, 0.5) is 30.8 Å². The highest BCUT2D eigenvalue weighted by atomic mass is 19.1. The van der Waals surface area contributed by atoms with Crippen LogP contribution in [0.1, 0.15) is 12.0 Å². The molecule has 1 fully saturated rings. The molecule has 0 unspecified atom stereocenters. The van der Waals surface area contributed by atoms with Gasteiger partial charge in [0.15, 0.2) is 5.82 Å². The molecule has 5 rings (SSSR count). The third-order valence-corrected chi connectivity index (χ3v) is 6.07. The monoisotopic (exact) mass is 470 g/mol. The molecule has 0 aliphatic carbocycles. The quantitative estimate of drug-likeness (QED) is 0.430. The first-order valence-corrected chi connectivity index (χ1v) is 11.0. The lowest BCUT2D eigenvalue weighted by molar-refractivity contribution is 0.0342. The van der Waals surface area contributed by atoms with Crippen LogP contribution < -0.4 is 26.4 Å². The van der Waals surface area contributed by atoms with Gasteiger partial charge in [-0.1, -0.05) is 0 Å². The van der Waals surface area contributed by atoms with Crippen molar-refractivity contribution < 1.29 is 23.0 Å². The Morgan fingerprint density at radius 2 is 2.12 bits per heavy atom. The molecule has 3 aromatic rings. The highest BCUT2D eigenvalue weighted by molar-refractivity contribution is 5.99. The summed E-state index contributed by atoms with van der Waals surface area (Å²) in [4.78, 5) is 20.7. The summed E-state index contributed by atoms with van der Waals surface area (Å²) in [6, 6.07) is 3.19. The number of pyridine rings is 2. The van der Waals surface area contributed by atoms with Crippen LogP contribution in [-0.4, -0.2) is 54.6 Å². The van der Waals surface area contributed by atoms with Crippen LogP contribution in [0.5, 0.6) is 5.88 Å². The molecule has 4 heterocycles. The number of rotatable bonds is 3. The van der Waals surface area contributed by atoms with Crippen molar-refractivity contribution in [2.45, 2.75) is 25.6 Å². The fourth-order valence-corrected chi connectivity index (χ4v) is 4.26. The zero-order valence-corrected chi connectivity index (χ0v) is 18.5. The summed E-state index contributed by atoms with van der Waals surface area (Å²) in [5, 5.41) is 9.61. The van der Waals surface area contributed by atoms with Crippen LogP contribution in [0.2, 0.25) is 0 Å². The van der Waals surface area contributed by atoms with E-state index in [9.17, 15) is 9.18 Å². The van der Waals surface area contributed by atoms with Gasteiger partial charge in [-0.2, -0.15) is 0 Å². The number of hydrogen-bond acceptors (Lipinski definition) is 8. The number of halogens is 2. The predicted molar refractivity (Wildman–Crippen MR) is 124 cm³/mol. The average Bonchev–Trinajstić information content (AvgIpc) is 2.83. The van der Waals surface area contributed by atoms with Gasteiger partial charge in [0.25, 0.3) is 0 Å². The minimum atomic E-state index is -1.28. The number of piperidine rings is 1. The van der Waals surface area contributed by atoms with E-state index in [4.69, 9.17) is 15.2 Å². The number of benzene rings is 1. The van der Waals surface area contributed by atoms with Crippen molar-refractivity contribution in [3.8, 4) is 17.0 Å². The van der Waals surface area contributed by atoms with E-state index in [0.29, 0.717) is 54.0 Å². The highest BCUT2D eigenvalue weighted by Crippen LogP contribution is 2.39. The highest BCUT2D eigenvalue weighted by Gasteiger charge is 2.28. The first kappa shape index (κ1) is 22.1. The number of ether oxygens (including phenoxy) is 2. The van der Waals surface area contributed by atoms with Crippen LogP contribution >= 0.6 is 0 Å². The second kappa shape index (κ2) is 8.90. The molecule has 0 bridgehead atoms. The molecule has 0 radical (unpaired) electrons. The van der Waals surface area contributed by atoms with Gasteiger partial charge in [0.1, 0.15) is 30.4 Å². The second-order valence-electron chi connectivity index (χ2n) is 8.27. The molecular weight excluding hydrogens is 446 g/mol. The molecule has 0 saturated carbocycles. The van der Waals surface area contributed by atoms with Crippen LogP contribution in [0.15, 0.2) is 24.5 Å². The van der Waals surface area contributed by atoms with Gasteiger partial charge in [0.05, 0.1) is 5.69 Å². The number of alkyl halides is 1. The molecular formula is C23H24F2N6O3. The molecule has 9 nitrogen and oxygen atoms in total. The fourth-order valence-electron chi connectivity index (χ4n) is 4.26. The minimum Gasteiger partial charge on any atom is -0.474 e. The normalized spacial score (nSPS) is 19.6. The van der Waals surface area contributed by atoms with Crippen molar-refractivity contribution in [1.29, 1.82) is 0 Å². The number of amides is 1. The number of nitrogen functional groups attached to an aromatic ring is 1. The van der Waals surface area contributed by atoms with E-state index in [0.717, 1.165) is 5.56 Å². The summed E-state index contributed by atoms with van der Waals surface area (Å²) >= 11 is 0. The van der Waals surface area contributed by atoms with Crippen molar-refractivity contribution in [1.82, 2.24) is 15.3 Å². The Labute approximate surface area is 194 Å². The van der Waals surface area contributed by atoms with Crippen LogP contribution in [-0.2, 0) is 4.74 Å². The van der Waals surface area contributed by atoms with Gasteiger partial charge in [-0.15, -0.1) is 0 Å². The zero-order chi connectivity index (χ0) is 23.8. The molecule has 0 spiro atoms. The molecule has 2 atom stereocenters. The molecule has 178 valence electrons. The number of fused-ring (bicyclic) bond motifs is 2. The third-order valence-electron chi connectivity index (χ3n) is 6.07. The van der Waals surface area contributed by atoms with Gasteiger partial charge < -0.3 is 25.8 Å². The SMILES string of the molecule is Cc1c(-c2cc3cc(NC(=O)O[C@H]4CCNC[C@H]4F)ncc3c(N)c2F)cnc2c1NCCO2. The van der Waals surface area contributed by atoms with Crippen LogP contribution in [0.25, 0.3) is 21.9 Å². The summed E-state index contributed by atoms with van der Waals surface area (Å²) in [6.07, 6.45) is 0.403. The summed E-state index contributed by atoms with van der Waals surface area (Å²) in [7, 11) is 0. The standard InChI is InChI=1S/C23H24F2N6O3/c1-11-14(8-30-22-21(11)28-4-5-33-22)13-6-12-7-18(29-9-15(12)20(26)19(13)25)31-23(32)34-17-2-3-27-10-16(17)24/h6-9,16-17,27-28H,2-5,10,26H2,1H3,(H,29,31,32)/t16-,17+/m1/s1. The number of nitrogens with two attached hydrogens (primary N) is 1. The van der Waals surface area contributed by atoms with Crippen molar-refractivity contribution in [2.24, 2.45) is 0 Å². The predicted octanol–water partition coefficient (Wildman–Crippen LogP) is 3.38. The van der Waals surface area contributed by atoms with E-state index < -0.39 is 24.2 Å². The maximum Gasteiger partial charge on any atom is 0.413 e. The van der Waals surface area contributed by atoms with Gasteiger partial charge in [0, 0.05) is 42.0 Å². The molecule has 2 aliphatic heterocycles. The second-order valence-corrected chi connectivity index (χ2v) is 8.27. The summed E-state index contributed by atoms with van der Waals surface area (Å²) < 4.78 is 40.0. The number of nitrogens with zero attached hydrogens (tertiary/aromatic N) is 2. The molecule has 2 aromatic heterocycles. The zero-order valence-electron chi connectivity index (χ0n) is 18.5. The fraction of sp³-hybridized carbons (Fsp3) is 0.348. The molecule has 34 heavy (non-hydrogen) atoms. The van der Waals surface area contributed by atoms with Crippen molar-refractivity contribution in [3.63, 3.8) is 0 Å². The number of aromatic nitrogens is 2. The Morgan fingerprint density at radius 1 is 1.26 bits per heavy atom. The Morgan fingerprint density at radius 3 is 2.94 bits per heavy atom. The third kappa shape index (κ3) is 4.03. The molecule has 2 aliphatic rings.